The van der Waals surface area contributed by atoms with Crippen molar-refractivity contribution in [3.8, 4) is 5.75 Å². The van der Waals surface area contributed by atoms with Gasteiger partial charge < -0.3 is 20.6 Å². The minimum Gasteiger partial charge on any atom is -0.506 e. The zero-order valence-electron chi connectivity index (χ0n) is 12.6. The predicted octanol–water partition coefficient (Wildman–Crippen LogP) is 2.00. The average Bonchev–Trinajstić information content (AvgIpc) is 3.10. The molecule has 0 aliphatic carbocycles. The van der Waals surface area contributed by atoms with Gasteiger partial charge in [-0.05, 0) is 38.7 Å². The van der Waals surface area contributed by atoms with Crippen molar-refractivity contribution in [3.63, 3.8) is 0 Å². The van der Waals surface area contributed by atoms with E-state index < -0.39 is 5.91 Å². The van der Waals surface area contributed by atoms with Gasteiger partial charge in [0.2, 0.25) is 0 Å². The second-order valence-electron chi connectivity index (χ2n) is 6.02. The molecule has 0 atom stereocenters. The van der Waals surface area contributed by atoms with Crippen LogP contribution in [0.15, 0.2) is 6.07 Å². The topological polar surface area (TPSA) is 69.8 Å². The lowest BCUT2D eigenvalue weighted by molar-refractivity contribution is 0.100. The summed E-state index contributed by atoms with van der Waals surface area (Å²) in [7, 11) is 0. The number of aromatic hydroxyl groups is 1. The summed E-state index contributed by atoms with van der Waals surface area (Å²) in [6.07, 6.45) is 4.57. The highest BCUT2D eigenvalue weighted by Crippen LogP contribution is 2.42. The Morgan fingerprint density at radius 1 is 1.05 bits per heavy atom. The Hall–Kier alpha value is -1.91. The number of benzene rings is 1. The first kappa shape index (κ1) is 14.0. The van der Waals surface area contributed by atoms with E-state index in [2.05, 4.69) is 9.80 Å². The highest BCUT2D eigenvalue weighted by atomic mass is 16.3. The van der Waals surface area contributed by atoms with Gasteiger partial charge in [0.15, 0.2) is 0 Å². The summed E-state index contributed by atoms with van der Waals surface area (Å²) < 4.78 is 0. The molecule has 1 amide bonds. The zero-order chi connectivity index (χ0) is 15.0. The van der Waals surface area contributed by atoms with Crippen molar-refractivity contribution in [2.75, 3.05) is 36.0 Å². The van der Waals surface area contributed by atoms with Gasteiger partial charge in [-0.3, -0.25) is 4.79 Å². The third-order valence-corrected chi connectivity index (χ3v) is 4.60. The van der Waals surface area contributed by atoms with Crippen LogP contribution in [0.5, 0.6) is 5.75 Å². The normalized spacial score (nSPS) is 18.5. The molecule has 1 aromatic carbocycles. The number of primary amides is 1. The second kappa shape index (κ2) is 5.47. The fourth-order valence-electron chi connectivity index (χ4n) is 3.66. The molecule has 3 rings (SSSR count). The number of carbonyl (C=O) groups excluding carboxylic acids is 1. The highest BCUT2D eigenvalue weighted by Gasteiger charge is 2.27. The maximum absolute atomic E-state index is 11.8. The Kier molecular flexibility index (Phi) is 3.66. The van der Waals surface area contributed by atoms with Crippen LogP contribution in [0.1, 0.15) is 41.6 Å². The molecule has 3 N–H and O–H groups in total. The van der Waals surface area contributed by atoms with E-state index >= 15 is 0 Å². The van der Waals surface area contributed by atoms with Gasteiger partial charge in [0.05, 0.1) is 16.9 Å². The van der Waals surface area contributed by atoms with Crippen LogP contribution in [0.25, 0.3) is 0 Å². The number of phenols is 1. The van der Waals surface area contributed by atoms with E-state index in [1.165, 1.54) is 0 Å². The fraction of sp³-hybridized carbons (Fsp3) is 0.562. The van der Waals surface area contributed by atoms with E-state index in [-0.39, 0.29) is 5.75 Å². The monoisotopic (exact) mass is 289 g/mol. The minimum absolute atomic E-state index is 0.172. The molecule has 2 heterocycles. The number of carbonyl (C=O) groups is 1. The Morgan fingerprint density at radius 2 is 1.52 bits per heavy atom. The van der Waals surface area contributed by atoms with Crippen LogP contribution in [0.3, 0.4) is 0 Å². The molecule has 2 saturated heterocycles. The van der Waals surface area contributed by atoms with Gasteiger partial charge >= 0.3 is 0 Å². The van der Waals surface area contributed by atoms with Gasteiger partial charge in [-0.15, -0.1) is 0 Å². The molecule has 0 saturated carbocycles. The van der Waals surface area contributed by atoms with Crippen molar-refractivity contribution >= 4 is 17.3 Å². The molecule has 0 unspecified atom stereocenters. The second-order valence-corrected chi connectivity index (χ2v) is 6.02. The lowest BCUT2D eigenvalue weighted by atomic mass is 10.0. The van der Waals surface area contributed by atoms with E-state index in [0.717, 1.165) is 68.8 Å². The van der Waals surface area contributed by atoms with Crippen LogP contribution in [0.4, 0.5) is 11.4 Å². The number of hydrogen-bond donors (Lipinski definition) is 2. The Morgan fingerprint density at radius 3 is 2.00 bits per heavy atom. The summed E-state index contributed by atoms with van der Waals surface area (Å²) in [4.78, 5) is 16.2. The molecular formula is C16H23N3O2. The zero-order valence-corrected chi connectivity index (χ0v) is 12.6. The molecule has 5 nitrogen and oxygen atoms in total. The molecular weight excluding hydrogens is 266 g/mol. The van der Waals surface area contributed by atoms with Crippen molar-refractivity contribution in [2.24, 2.45) is 5.73 Å². The highest BCUT2D eigenvalue weighted by molar-refractivity contribution is 6.01. The van der Waals surface area contributed by atoms with E-state index in [0.29, 0.717) is 5.56 Å². The molecule has 0 aromatic heterocycles. The predicted molar refractivity (Wildman–Crippen MR) is 84.3 cm³/mol. The third-order valence-electron chi connectivity index (χ3n) is 4.60. The Balaban J connectivity index is 2.13. The molecule has 0 spiro atoms. The SMILES string of the molecule is Cc1c(N2CCCC2)c(O)cc(C(N)=O)c1N1CCCC1. The lowest BCUT2D eigenvalue weighted by Gasteiger charge is -2.28. The average molecular weight is 289 g/mol. The van der Waals surface area contributed by atoms with E-state index in [9.17, 15) is 9.90 Å². The summed E-state index contributed by atoms with van der Waals surface area (Å²) in [6.45, 7) is 5.82. The number of phenolic OH excluding ortho intramolecular Hbond substituents is 1. The molecule has 2 aliphatic rings. The molecule has 0 radical (unpaired) electrons. The Labute approximate surface area is 125 Å². The third kappa shape index (κ3) is 2.41. The lowest BCUT2D eigenvalue weighted by Crippen LogP contribution is -2.26. The van der Waals surface area contributed by atoms with Gasteiger partial charge in [0.1, 0.15) is 5.75 Å². The van der Waals surface area contributed by atoms with Gasteiger partial charge in [-0.1, -0.05) is 0 Å². The largest absolute Gasteiger partial charge is 0.506 e. The molecule has 1 aromatic rings. The standard InChI is InChI=1S/C16H23N3O2/c1-11-14(18-6-2-3-7-18)12(16(17)21)10-13(20)15(11)19-8-4-5-9-19/h10,20H,2-9H2,1H3,(H2,17,21). The van der Waals surface area contributed by atoms with Crippen LogP contribution < -0.4 is 15.5 Å². The number of amides is 1. The van der Waals surface area contributed by atoms with E-state index in [1.807, 2.05) is 6.92 Å². The number of nitrogens with zero attached hydrogens (tertiary/aromatic N) is 2. The first-order valence-electron chi connectivity index (χ1n) is 7.76. The van der Waals surface area contributed by atoms with Gasteiger partial charge in [0.25, 0.3) is 5.91 Å². The van der Waals surface area contributed by atoms with Crippen LogP contribution in [-0.2, 0) is 0 Å². The van der Waals surface area contributed by atoms with Crippen LogP contribution in [0.2, 0.25) is 0 Å². The fourth-order valence-corrected chi connectivity index (χ4v) is 3.66. The van der Waals surface area contributed by atoms with Crippen LogP contribution >= 0.6 is 0 Å². The first-order chi connectivity index (χ1) is 10.1. The summed E-state index contributed by atoms with van der Waals surface area (Å²) in [5.41, 5.74) is 8.74. The van der Waals surface area contributed by atoms with Crippen molar-refractivity contribution in [2.45, 2.75) is 32.6 Å². The smallest absolute Gasteiger partial charge is 0.250 e. The van der Waals surface area contributed by atoms with Crippen molar-refractivity contribution in [1.82, 2.24) is 0 Å². The number of anilines is 2. The number of nitrogens with two attached hydrogens (primary N) is 1. The summed E-state index contributed by atoms with van der Waals surface area (Å²) >= 11 is 0. The molecule has 2 fully saturated rings. The molecule has 21 heavy (non-hydrogen) atoms. The maximum atomic E-state index is 11.8. The van der Waals surface area contributed by atoms with E-state index in [4.69, 9.17) is 5.73 Å². The summed E-state index contributed by atoms with van der Waals surface area (Å²) in [5.74, 6) is -0.297. The van der Waals surface area contributed by atoms with Crippen LogP contribution in [0, 0.1) is 6.92 Å². The number of hydrogen-bond acceptors (Lipinski definition) is 4. The first-order valence-corrected chi connectivity index (χ1v) is 7.76. The van der Waals surface area contributed by atoms with Gasteiger partial charge in [-0.25, -0.2) is 0 Å². The number of rotatable bonds is 3. The molecule has 2 aliphatic heterocycles. The molecule has 0 bridgehead atoms. The quantitative estimate of drug-likeness (QED) is 0.893. The van der Waals surface area contributed by atoms with Crippen LogP contribution in [-0.4, -0.2) is 37.2 Å². The summed E-state index contributed by atoms with van der Waals surface area (Å²) in [6, 6.07) is 1.55. The summed E-state index contributed by atoms with van der Waals surface area (Å²) in [5, 5.41) is 10.4. The Bertz CT molecular complexity index is 559. The van der Waals surface area contributed by atoms with Gasteiger partial charge in [-0.2, -0.15) is 0 Å². The maximum Gasteiger partial charge on any atom is 0.250 e. The van der Waals surface area contributed by atoms with Crippen molar-refractivity contribution in [3.05, 3.63) is 17.2 Å². The van der Waals surface area contributed by atoms with E-state index in [1.54, 1.807) is 6.07 Å². The molecule has 5 heteroatoms. The minimum atomic E-state index is -0.469. The molecule has 114 valence electrons. The van der Waals surface area contributed by atoms with Crippen molar-refractivity contribution < 1.29 is 9.90 Å². The van der Waals surface area contributed by atoms with Gasteiger partial charge in [0, 0.05) is 31.7 Å². The van der Waals surface area contributed by atoms with Crippen molar-refractivity contribution in [1.29, 1.82) is 0 Å².